The van der Waals surface area contributed by atoms with E-state index in [1.807, 2.05) is 23.6 Å². The quantitative estimate of drug-likeness (QED) is 0.202. The maximum atomic E-state index is 12.6. The molecule has 2 atom stereocenters. The molecule has 4 aliphatic heterocycles. The van der Waals surface area contributed by atoms with Crippen molar-refractivity contribution in [3.05, 3.63) is 79.8 Å². The molecule has 0 unspecified atom stereocenters. The van der Waals surface area contributed by atoms with Gasteiger partial charge in [-0.05, 0) is 139 Å². The molecule has 0 N–H and O–H groups in total. The van der Waals surface area contributed by atoms with Gasteiger partial charge in [-0.2, -0.15) is 0 Å². The van der Waals surface area contributed by atoms with Crippen LogP contribution in [0.15, 0.2) is 48.6 Å². The fourth-order valence-corrected chi connectivity index (χ4v) is 8.68. The van der Waals surface area contributed by atoms with Gasteiger partial charge in [-0.3, -0.25) is 19.2 Å². The molecule has 0 bridgehead atoms. The molecule has 0 aromatic heterocycles. The van der Waals surface area contributed by atoms with E-state index in [1.54, 1.807) is 58.4 Å². The smallest absolute Gasteiger partial charge is 0.247 e. The standard InChI is InChI=1S/2C22H29Cl2N3O2/c2*1-17-15-26(21(28)9-7-18-6-8-19(23)20(24)14-18)16-22(29)27(17)13-5-12-25-10-3-2-4-11-25/h2*6-9,14,17H,2-5,10-13,15-16H2,1H3/b2*9-7+/t2*17-/m10/s1. The summed E-state index contributed by atoms with van der Waals surface area (Å²) in [5.41, 5.74) is 1.59. The van der Waals surface area contributed by atoms with Gasteiger partial charge in [-0.15, -0.1) is 0 Å². The van der Waals surface area contributed by atoms with Crippen molar-refractivity contribution in [1.29, 1.82) is 0 Å². The average Bonchev–Trinajstić information content (AvgIpc) is 3.21. The van der Waals surface area contributed by atoms with E-state index in [0.717, 1.165) is 50.1 Å². The van der Waals surface area contributed by atoms with Crippen molar-refractivity contribution in [3.8, 4) is 0 Å². The number of piperidine rings is 2. The Bertz CT molecular complexity index is 1650. The summed E-state index contributed by atoms with van der Waals surface area (Å²) in [6, 6.07) is 10.5. The van der Waals surface area contributed by atoms with Crippen LogP contribution in [0.3, 0.4) is 0 Å². The summed E-state index contributed by atoms with van der Waals surface area (Å²) in [4.78, 5) is 62.4. The topological polar surface area (TPSA) is 87.7 Å². The average molecular weight is 877 g/mol. The second kappa shape index (κ2) is 23.0. The molecule has 4 saturated heterocycles. The lowest BCUT2D eigenvalue weighted by Gasteiger charge is -2.39. The van der Waals surface area contributed by atoms with Crippen LogP contribution in [-0.2, 0) is 19.2 Å². The van der Waals surface area contributed by atoms with Crippen LogP contribution >= 0.6 is 46.4 Å². The van der Waals surface area contributed by atoms with E-state index in [-0.39, 0.29) is 48.8 Å². The van der Waals surface area contributed by atoms with Crippen LogP contribution in [-0.4, -0.2) is 144 Å². The number of carbonyl (C=O) groups is 4. The summed E-state index contributed by atoms with van der Waals surface area (Å²) >= 11 is 23.8. The van der Waals surface area contributed by atoms with Gasteiger partial charge < -0.3 is 29.4 Å². The second-order valence-electron chi connectivity index (χ2n) is 15.8. The highest BCUT2D eigenvalue weighted by atomic mass is 35.5. The number of piperazine rings is 2. The summed E-state index contributed by atoms with van der Waals surface area (Å²) < 4.78 is 0. The number of carbonyl (C=O) groups excluding carboxylic acids is 4. The summed E-state index contributed by atoms with van der Waals surface area (Å²) in [5.74, 6) is -0.272. The lowest BCUT2D eigenvalue weighted by atomic mass is 10.1. The van der Waals surface area contributed by atoms with Crippen LogP contribution in [0, 0.1) is 0 Å². The Labute approximate surface area is 364 Å². The molecule has 4 amide bonds. The van der Waals surface area contributed by atoms with Gasteiger partial charge in [0.1, 0.15) is 13.1 Å². The van der Waals surface area contributed by atoms with Crippen LogP contribution < -0.4 is 0 Å². The molecule has 0 aliphatic carbocycles. The summed E-state index contributed by atoms with van der Waals surface area (Å²) in [6.45, 7) is 13.7. The van der Waals surface area contributed by atoms with E-state index >= 15 is 0 Å². The van der Waals surface area contributed by atoms with Gasteiger partial charge in [0.2, 0.25) is 23.6 Å². The van der Waals surface area contributed by atoms with Gasteiger partial charge in [0.25, 0.3) is 0 Å². The number of hydrogen-bond acceptors (Lipinski definition) is 6. The van der Waals surface area contributed by atoms with Crippen molar-refractivity contribution < 1.29 is 19.2 Å². The van der Waals surface area contributed by atoms with E-state index in [4.69, 9.17) is 46.4 Å². The number of nitrogens with zero attached hydrogens (tertiary/aromatic N) is 6. The number of likely N-dealkylation sites (tertiary alicyclic amines) is 2. The van der Waals surface area contributed by atoms with Crippen molar-refractivity contribution >= 4 is 82.2 Å². The molecular weight excluding hydrogens is 818 g/mol. The van der Waals surface area contributed by atoms with E-state index in [9.17, 15) is 19.2 Å². The van der Waals surface area contributed by atoms with Crippen LogP contribution in [0.4, 0.5) is 0 Å². The zero-order chi connectivity index (χ0) is 41.6. The van der Waals surface area contributed by atoms with Crippen LogP contribution in [0.5, 0.6) is 0 Å². The molecule has 10 nitrogen and oxygen atoms in total. The zero-order valence-electron chi connectivity index (χ0n) is 33.9. The lowest BCUT2D eigenvalue weighted by Crippen LogP contribution is -2.56. The highest BCUT2D eigenvalue weighted by Crippen LogP contribution is 2.25. The number of halogens is 4. The van der Waals surface area contributed by atoms with Gasteiger partial charge in [0.05, 0.1) is 20.1 Å². The molecule has 0 radical (unpaired) electrons. The predicted molar refractivity (Wildman–Crippen MR) is 236 cm³/mol. The predicted octanol–water partition coefficient (Wildman–Crippen LogP) is 7.88. The first-order valence-corrected chi connectivity index (χ1v) is 22.3. The lowest BCUT2D eigenvalue weighted by molar-refractivity contribution is -0.146. The van der Waals surface area contributed by atoms with Crippen LogP contribution in [0.25, 0.3) is 12.2 Å². The summed E-state index contributed by atoms with van der Waals surface area (Å²) in [7, 11) is 0. The molecule has 58 heavy (non-hydrogen) atoms. The molecule has 0 spiro atoms. The summed E-state index contributed by atoms with van der Waals surface area (Å²) in [6.07, 6.45) is 16.2. The third-order valence-corrected chi connectivity index (χ3v) is 12.8. The fourth-order valence-electron chi connectivity index (χ4n) is 8.06. The first-order valence-electron chi connectivity index (χ1n) is 20.8. The minimum absolute atomic E-state index is 0.0266. The molecule has 4 fully saturated rings. The van der Waals surface area contributed by atoms with Crippen molar-refractivity contribution in [2.24, 2.45) is 0 Å². The van der Waals surface area contributed by atoms with Gasteiger partial charge in [0, 0.05) is 50.4 Å². The Hall–Kier alpha value is -3.12. The Morgan fingerprint density at radius 1 is 0.569 bits per heavy atom. The van der Waals surface area contributed by atoms with E-state index in [2.05, 4.69) is 9.80 Å². The Morgan fingerprint density at radius 3 is 1.29 bits per heavy atom. The maximum absolute atomic E-state index is 12.6. The number of rotatable bonds is 12. The molecule has 4 heterocycles. The van der Waals surface area contributed by atoms with Crippen LogP contribution in [0.1, 0.15) is 76.3 Å². The maximum Gasteiger partial charge on any atom is 0.247 e. The number of benzene rings is 2. The molecule has 14 heteroatoms. The monoisotopic (exact) mass is 874 g/mol. The largest absolute Gasteiger partial charge is 0.337 e. The van der Waals surface area contributed by atoms with Gasteiger partial charge in [0.15, 0.2) is 0 Å². The Kier molecular flexibility index (Phi) is 18.2. The molecule has 2 aromatic carbocycles. The third kappa shape index (κ3) is 14.0. The molecule has 316 valence electrons. The van der Waals surface area contributed by atoms with Gasteiger partial charge >= 0.3 is 0 Å². The molecular formula is C44H58Cl4N6O4. The third-order valence-electron chi connectivity index (χ3n) is 11.3. The van der Waals surface area contributed by atoms with Gasteiger partial charge in [-0.25, -0.2) is 0 Å². The number of amides is 4. The minimum Gasteiger partial charge on any atom is -0.337 e. The van der Waals surface area contributed by atoms with E-state index < -0.39 is 0 Å². The molecule has 2 aromatic rings. The molecule has 0 saturated carbocycles. The second-order valence-corrected chi connectivity index (χ2v) is 17.5. The highest BCUT2D eigenvalue weighted by Gasteiger charge is 2.32. The minimum atomic E-state index is -0.163. The fraction of sp³-hybridized carbons (Fsp3) is 0.545. The Morgan fingerprint density at radius 2 is 0.948 bits per heavy atom. The van der Waals surface area contributed by atoms with Crippen molar-refractivity contribution in [1.82, 2.24) is 29.4 Å². The zero-order valence-corrected chi connectivity index (χ0v) is 36.9. The number of hydrogen-bond donors (Lipinski definition) is 0. The van der Waals surface area contributed by atoms with E-state index in [1.165, 1.54) is 76.9 Å². The van der Waals surface area contributed by atoms with Gasteiger partial charge in [-0.1, -0.05) is 71.4 Å². The van der Waals surface area contributed by atoms with Crippen molar-refractivity contribution in [2.75, 3.05) is 78.5 Å². The van der Waals surface area contributed by atoms with E-state index in [0.29, 0.717) is 33.2 Å². The normalized spacial score (nSPS) is 21.2. The first kappa shape index (κ1) is 46.0. The Balaban J connectivity index is 0.000000221. The van der Waals surface area contributed by atoms with Crippen molar-refractivity contribution in [2.45, 2.75) is 77.3 Å². The highest BCUT2D eigenvalue weighted by molar-refractivity contribution is 6.42. The first-order chi connectivity index (χ1) is 27.9. The van der Waals surface area contributed by atoms with Crippen LogP contribution in [0.2, 0.25) is 20.1 Å². The molecule has 6 rings (SSSR count). The van der Waals surface area contributed by atoms with Crippen molar-refractivity contribution in [3.63, 3.8) is 0 Å². The summed E-state index contributed by atoms with van der Waals surface area (Å²) in [5, 5.41) is 1.85. The molecule has 4 aliphatic rings. The SMILES string of the molecule is C[C@@H]1CN(C(=O)/C=C/c2ccc(Cl)c(Cl)c2)CC(=O)N1CCCN1CCCCC1.C[C@H]1CN(C(=O)/C=C/c2ccc(Cl)c(Cl)c2)CC(=O)N1CCCN1CCCCC1.